The SMILES string of the molecule is C=CCCN1CCOCC(F)(F)C1. The first-order chi connectivity index (χ1) is 6.14. The lowest BCUT2D eigenvalue weighted by molar-refractivity contribution is -0.0681. The number of hydrogen-bond acceptors (Lipinski definition) is 2. The third-order valence-electron chi connectivity index (χ3n) is 1.97. The van der Waals surface area contributed by atoms with Crippen LogP contribution in [0.3, 0.4) is 0 Å². The first-order valence-corrected chi connectivity index (χ1v) is 4.43. The summed E-state index contributed by atoms with van der Waals surface area (Å²) in [5.74, 6) is -2.70. The van der Waals surface area contributed by atoms with Crippen LogP contribution in [-0.4, -0.2) is 43.7 Å². The van der Waals surface area contributed by atoms with Gasteiger partial charge in [0.1, 0.15) is 6.61 Å². The monoisotopic (exact) mass is 191 g/mol. The number of hydrogen-bond donors (Lipinski definition) is 0. The second-order valence-electron chi connectivity index (χ2n) is 3.26. The summed E-state index contributed by atoms with van der Waals surface area (Å²) in [5, 5.41) is 0. The number of rotatable bonds is 3. The highest BCUT2D eigenvalue weighted by molar-refractivity contribution is 4.77. The molecule has 0 unspecified atom stereocenters. The molecule has 0 spiro atoms. The van der Waals surface area contributed by atoms with Crippen LogP contribution in [0.2, 0.25) is 0 Å². The Morgan fingerprint density at radius 3 is 3.00 bits per heavy atom. The Balaban J connectivity index is 2.40. The van der Waals surface area contributed by atoms with E-state index in [2.05, 4.69) is 6.58 Å². The van der Waals surface area contributed by atoms with Gasteiger partial charge in [-0.3, -0.25) is 4.90 Å². The van der Waals surface area contributed by atoms with Gasteiger partial charge in [-0.15, -0.1) is 6.58 Å². The van der Waals surface area contributed by atoms with Gasteiger partial charge in [0, 0.05) is 13.1 Å². The molecule has 13 heavy (non-hydrogen) atoms. The van der Waals surface area contributed by atoms with Gasteiger partial charge in [0.25, 0.3) is 5.92 Å². The second kappa shape index (κ2) is 4.67. The summed E-state index contributed by atoms with van der Waals surface area (Å²) in [6, 6.07) is 0. The van der Waals surface area contributed by atoms with E-state index >= 15 is 0 Å². The van der Waals surface area contributed by atoms with Gasteiger partial charge in [-0.1, -0.05) is 6.08 Å². The van der Waals surface area contributed by atoms with Crippen molar-refractivity contribution in [2.45, 2.75) is 12.3 Å². The van der Waals surface area contributed by atoms with Crippen LogP contribution in [0.25, 0.3) is 0 Å². The molecule has 1 rings (SSSR count). The zero-order chi connectivity index (χ0) is 9.73. The van der Waals surface area contributed by atoms with Crippen molar-refractivity contribution in [3.8, 4) is 0 Å². The standard InChI is InChI=1S/C9H15F2NO/c1-2-3-4-12-5-6-13-8-9(10,11)7-12/h2H,1,3-8H2. The highest BCUT2D eigenvalue weighted by Gasteiger charge is 2.33. The molecule has 1 heterocycles. The summed E-state index contributed by atoms with van der Waals surface area (Å²) >= 11 is 0. The first kappa shape index (κ1) is 10.6. The van der Waals surface area contributed by atoms with E-state index in [1.165, 1.54) is 0 Å². The van der Waals surface area contributed by atoms with Crippen molar-refractivity contribution in [3.63, 3.8) is 0 Å². The second-order valence-corrected chi connectivity index (χ2v) is 3.26. The maximum atomic E-state index is 12.9. The van der Waals surface area contributed by atoms with E-state index in [1.807, 2.05) is 0 Å². The molecule has 0 N–H and O–H groups in total. The number of nitrogens with zero attached hydrogens (tertiary/aromatic N) is 1. The fourth-order valence-corrected chi connectivity index (χ4v) is 1.33. The van der Waals surface area contributed by atoms with E-state index in [4.69, 9.17) is 4.74 Å². The highest BCUT2D eigenvalue weighted by atomic mass is 19.3. The molecule has 0 bridgehead atoms. The van der Waals surface area contributed by atoms with Crippen LogP contribution in [0.5, 0.6) is 0 Å². The molecule has 0 aliphatic carbocycles. The fourth-order valence-electron chi connectivity index (χ4n) is 1.33. The van der Waals surface area contributed by atoms with Crippen molar-refractivity contribution < 1.29 is 13.5 Å². The summed E-state index contributed by atoms with van der Waals surface area (Å²) in [6.45, 7) is 4.54. The summed E-state index contributed by atoms with van der Waals surface area (Å²) in [7, 11) is 0. The molecular weight excluding hydrogens is 176 g/mol. The Morgan fingerprint density at radius 1 is 1.54 bits per heavy atom. The molecule has 1 fully saturated rings. The predicted octanol–water partition coefficient (Wildman–Crippen LogP) is 1.53. The van der Waals surface area contributed by atoms with Gasteiger partial charge < -0.3 is 4.74 Å². The maximum absolute atomic E-state index is 12.9. The molecule has 0 aromatic rings. The topological polar surface area (TPSA) is 12.5 Å². The van der Waals surface area contributed by atoms with Crippen LogP contribution in [0.4, 0.5) is 8.78 Å². The Hall–Kier alpha value is -0.480. The van der Waals surface area contributed by atoms with E-state index in [-0.39, 0.29) is 6.54 Å². The van der Waals surface area contributed by atoms with Gasteiger partial charge in [0.05, 0.1) is 13.2 Å². The molecule has 0 aromatic heterocycles. The van der Waals surface area contributed by atoms with Gasteiger partial charge >= 0.3 is 0 Å². The van der Waals surface area contributed by atoms with Crippen molar-refractivity contribution in [3.05, 3.63) is 12.7 Å². The van der Waals surface area contributed by atoms with Crippen LogP contribution in [0.1, 0.15) is 6.42 Å². The van der Waals surface area contributed by atoms with E-state index in [0.29, 0.717) is 19.7 Å². The molecule has 2 nitrogen and oxygen atoms in total. The van der Waals surface area contributed by atoms with E-state index in [1.54, 1.807) is 11.0 Å². The minimum Gasteiger partial charge on any atom is -0.374 e. The molecule has 4 heteroatoms. The Bertz CT molecular complexity index is 173. The van der Waals surface area contributed by atoms with E-state index in [0.717, 1.165) is 6.42 Å². The largest absolute Gasteiger partial charge is 0.374 e. The van der Waals surface area contributed by atoms with Gasteiger partial charge in [-0.05, 0) is 6.42 Å². The molecule has 0 amide bonds. The van der Waals surface area contributed by atoms with Crippen molar-refractivity contribution in [2.24, 2.45) is 0 Å². The van der Waals surface area contributed by atoms with Gasteiger partial charge in [0.2, 0.25) is 0 Å². The molecule has 1 saturated heterocycles. The lowest BCUT2D eigenvalue weighted by Gasteiger charge is -2.21. The minimum atomic E-state index is -2.70. The molecule has 1 aliphatic rings. The zero-order valence-corrected chi connectivity index (χ0v) is 7.64. The third kappa shape index (κ3) is 3.83. The zero-order valence-electron chi connectivity index (χ0n) is 7.64. The van der Waals surface area contributed by atoms with Gasteiger partial charge in [-0.2, -0.15) is 0 Å². The molecule has 0 saturated carbocycles. The van der Waals surface area contributed by atoms with E-state index < -0.39 is 12.5 Å². The van der Waals surface area contributed by atoms with Crippen molar-refractivity contribution in [1.29, 1.82) is 0 Å². The lowest BCUT2D eigenvalue weighted by Crippen LogP contribution is -2.37. The van der Waals surface area contributed by atoms with Crippen molar-refractivity contribution >= 4 is 0 Å². The smallest absolute Gasteiger partial charge is 0.283 e. The maximum Gasteiger partial charge on any atom is 0.283 e. The Labute approximate surface area is 77.2 Å². The average molecular weight is 191 g/mol. The molecule has 76 valence electrons. The van der Waals surface area contributed by atoms with Crippen LogP contribution in [0, 0.1) is 0 Å². The summed E-state index contributed by atoms with van der Waals surface area (Å²) in [5.41, 5.74) is 0. The van der Waals surface area contributed by atoms with Crippen LogP contribution >= 0.6 is 0 Å². The quantitative estimate of drug-likeness (QED) is 0.627. The third-order valence-corrected chi connectivity index (χ3v) is 1.97. The molecule has 0 radical (unpaired) electrons. The normalized spacial score (nSPS) is 23.8. The summed E-state index contributed by atoms with van der Waals surface area (Å²) < 4.78 is 30.7. The predicted molar refractivity (Wildman–Crippen MR) is 47.0 cm³/mol. The van der Waals surface area contributed by atoms with E-state index in [9.17, 15) is 8.78 Å². The van der Waals surface area contributed by atoms with Gasteiger partial charge in [0.15, 0.2) is 0 Å². The first-order valence-electron chi connectivity index (χ1n) is 4.43. The molecule has 1 aliphatic heterocycles. The fraction of sp³-hybridized carbons (Fsp3) is 0.778. The molecular formula is C9H15F2NO. The summed E-state index contributed by atoms with van der Waals surface area (Å²) in [6.07, 6.45) is 2.49. The van der Waals surface area contributed by atoms with Gasteiger partial charge in [-0.25, -0.2) is 8.78 Å². The van der Waals surface area contributed by atoms with Crippen molar-refractivity contribution in [2.75, 3.05) is 32.8 Å². The number of halogens is 2. The average Bonchev–Trinajstić information content (AvgIpc) is 2.22. The number of ether oxygens (including phenoxy) is 1. The Morgan fingerprint density at radius 2 is 2.31 bits per heavy atom. The molecule has 0 aromatic carbocycles. The van der Waals surface area contributed by atoms with Crippen LogP contribution in [-0.2, 0) is 4.74 Å². The lowest BCUT2D eigenvalue weighted by atomic mass is 10.3. The number of alkyl halides is 2. The van der Waals surface area contributed by atoms with Crippen molar-refractivity contribution in [1.82, 2.24) is 4.90 Å². The Kier molecular flexibility index (Phi) is 3.81. The van der Waals surface area contributed by atoms with Crippen LogP contribution in [0.15, 0.2) is 12.7 Å². The molecule has 0 atom stereocenters. The van der Waals surface area contributed by atoms with Crippen LogP contribution < -0.4 is 0 Å². The minimum absolute atomic E-state index is 0.194. The summed E-state index contributed by atoms with van der Waals surface area (Å²) in [4.78, 5) is 1.72. The highest BCUT2D eigenvalue weighted by Crippen LogP contribution is 2.18.